The van der Waals surface area contributed by atoms with E-state index in [0.717, 1.165) is 50.1 Å². The van der Waals surface area contributed by atoms with Crippen LogP contribution in [0.1, 0.15) is 11.1 Å². The van der Waals surface area contributed by atoms with Crippen molar-refractivity contribution in [2.75, 3.05) is 4.90 Å². The minimum absolute atomic E-state index is 0.361. The maximum atomic E-state index is 9.48. The fourth-order valence-corrected chi connectivity index (χ4v) is 5.08. The molecule has 0 unspecified atom stereocenters. The van der Waals surface area contributed by atoms with E-state index in [0.29, 0.717) is 16.8 Å². The van der Waals surface area contributed by atoms with Gasteiger partial charge in [-0.1, -0.05) is 84.9 Å². The molecule has 0 saturated carbocycles. The summed E-state index contributed by atoms with van der Waals surface area (Å²) in [7, 11) is 0. The fourth-order valence-electron chi connectivity index (χ4n) is 5.08. The van der Waals surface area contributed by atoms with Crippen LogP contribution in [0.2, 0.25) is 0 Å². The normalized spacial score (nSPS) is 10.4. The molecule has 190 valence electrons. The van der Waals surface area contributed by atoms with Crippen molar-refractivity contribution in [3.8, 4) is 34.4 Å². The van der Waals surface area contributed by atoms with E-state index in [1.165, 1.54) is 0 Å². The largest absolute Gasteiger partial charge is 0.310 e. The van der Waals surface area contributed by atoms with Crippen molar-refractivity contribution in [3.05, 3.63) is 156 Å². The Morgan fingerprint density at radius 2 is 1.12 bits per heavy atom. The van der Waals surface area contributed by atoms with Gasteiger partial charge in [-0.25, -0.2) is 4.85 Å². The van der Waals surface area contributed by atoms with Crippen LogP contribution in [0, 0.1) is 29.2 Å². The van der Waals surface area contributed by atoms with Crippen LogP contribution in [0.4, 0.5) is 22.7 Å². The molecule has 41 heavy (non-hydrogen) atoms. The summed E-state index contributed by atoms with van der Waals surface area (Å²) in [5, 5.41) is 20.9. The van der Waals surface area contributed by atoms with Gasteiger partial charge in [-0.15, -0.1) is 0 Å². The number of anilines is 3. The lowest BCUT2D eigenvalue weighted by molar-refractivity contribution is 1.30. The summed E-state index contributed by atoms with van der Waals surface area (Å²) in [6.45, 7) is 7.29. The van der Waals surface area contributed by atoms with Gasteiger partial charge in [0.1, 0.15) is 0 Å². The topological polar surface area (TPSA) is 55.2 Å². The summed E-state index contributed by atoms with van der Waals surface area (Å²) < 4.78 is 0. The lowest BCUT2D eigenvalue weighted by atomic mass is 10.0. The minimum atomic E-state index is 0.361. The molecule has 0 amide bonds. The van der Waals surface area contributed by atoms with E-state index in [4.69, 9.17) is 11.8 Å². The summed E-state index contributed by atoms with van der Waals surface area (Å²) in [6.07, 6.45) is 0. The molecule has 0 atom stereocenters. The van der Waals surface area contributed by atoms with Crippen molar-refractivity contribution in [1.82, 2.24) is 0 Å². The second-order valence-electron chi connectivity index (χ2n) is 9.57. The number of hydrogen-bond acceptors (Lipinski definition) is 3. The zero-order chi connectivity index (χ0) is 28.2. The molecule has 4 heteroatoms. The quantitative estimate of drug-likeness (QED) is 0.212. The Morgan fingerprint density at radius 3 is 1.73 bits per heavy atom. The van der Waals surface area contributed by atoms with Gasteiger partial charge >= 0.3 is 0 Å². The summed E-state index contributed by atoms with van der Waals surface area (Å²) in [5.41, 5.74) is 8.44. The smallest absolute Gasteiger partial charge is 0.204 e. The van der Waals surface area contributed by atoms with Gasteiger partial charge in [0.05, 0.1) is 35.5 Å². The first-order chi connectivity index (χ1) is 20.2. The fraction of sp³-hybridized carbons (Fsp3) is 0. The zero-order valence-corrected chi connectivity index (χ0v) is 22.0. The average molecular weight is 523 g/mol. The predicted molar refractivity (Wildman–Crippen MR) is 165 cm³/mol. The van der Waals surface area contributed by atoms with Gasteiger partial charge in [-0.05, 0) is 76.2 Å². The number of nitrogens with zero attached hydrogens (tertiary/aromatic N) is 4. The van der Waals surface area contributed by atoms with Crippen LogP contribution in [0.25, 0.3) is 37.9 Å². The molecule has 0 aliphatic rings. The molecule has 0 spiro atoms. The Morgan fingerprint density at radius 1 is 0.561 bits per heavy atom. The van der Waals surface area contributed by atoms with E-state index in [2.05, 4.69) is 94.7 Å². The zero-order valence-electron chi connectivity index (χ0n) is 22.0. The first-order valence-corrected chi connectivity index (χ1v) is 13.1. The minimum Gasteiger partial charge on any atom is -0.310 e. The predicted octanol–water partition coefficient (Wildman–Crippen LogP) is 9.94. The molecule has 0 radical (unpaired) electrons. The van der Waals surface area contributed by atoms with Crippen LogP contribution in [0.3, 0.4) is 0 Å². The molecule has 0 heterocycles. The van der Waals surface area contributed by atoms with Crippen LogP contribution in [-0.2, 0) is 0 Å². The van der Waals surface area contributed by atoms with E-state index >= 15 is 0 Å². The van der Waals surface area contributed by atoms with E-state index < -0.39 is 0 Å². The Balaban J connectivity index is 1.43. The number of rotatable bonds is 5. The molecule has 6 aromatic rings. The van der Waals surface area contributed by atoms with Crippen molar-refractivity contribution in [2.24, 2.45) is 0 Å². The lowest BCUT2D eigenvalue weighted by Gasteiger charge is -2.27. The summed E-state index contributed by atoms with van der Waals surface area (Å²) >= 11 is 0. The van der Waals surface area contributed by atoms with Crippen molar-refractivity contribution in [3.63, 3.8) is 0 Å². The Hall–Kier alpha value is -6.15. The SMILES string of the molecule is [C-]#[N+]c1ccc(-c2ccc(N(c3ccc(-c4ccc(C#N)cc4)cc3)c3cccc4ccccc34)cc2)cc1C#N. The highest BCUT2D eigenvalue weighted by Gasteiger charge is 2.16. The van der Waals surface area contributed by atoms with Crippen LogP contribution in [-0.4, -0.2) is 0 Å². The molecule has 0 fully saturated rings. The first-order valence-electron chi connectivity index (χ1n) is 13.1. The summed E-state index contributed by atoms with van der Waals surface area (Å²) in [6, 6.07) is 48.7. The van der Waals surface area contributed by atoms with Gasteiger partial charge in [0.2, 0.25) is 5.69 Å². The molecule has 0 aliphatic carbocycles. The maximum Gasteiger partial charge on any atom is 0.204 e. The summed E-state index contributed by atoms with van der Waals surface area (Å²) in [5.74, 6) is 0. The number of hydrogen-bond donors (Lipinski definition) is 0. The van der Waals surface area contributed by atoms with Gasteiger partial charge in [0.15, 0.2) is 0 Å². The van der Waals surface area contributed by atoms with Gasteiger partial charge in [0, 0.05) is 16.8 Å². The molecule has 0 aromatic heterocycles. The van der Waals surface area contributed by atoms with Crippen molar-refractivity contribution in [2.45, 2.75) is 0 Å². The van der Waals surface area contributed by atoms with Gasteiger partial charge < -0.3 is 4.90 Å². The molecule has 0 bridgehead atoms. The number of benzene rings is 6. The van der Waals surface area contributed by atoms with E-state index in [1.54, 1.807) is 12.1 Å². The average Bonchev–Trinajstić information content (AvgIpc) is 3.05. The second-order valence-corrected chi connectivity index (χ2v) is 9.57. The standard InChI is InChI=1S/C37H22N4/c1-40-36-22-17-31(23-32(36)25-39)29-15-20-34(21-16-29)41(37-8-4-6-30-5-2-3-7-35(30)37)33-18-13-28(14-19-33)27-11-9-26(24-38)10-12-27/h2-23H. The second kappa shape index (κ2) is 10.9. The third-order valence-corrected chi connectivity index (χ3v) is 7.18. The summed E-state index contributed by atoms with van der Waals surface area (Å²) in [4.78, 5) is 5.69. The highest BCUT2D eigenvalue weighted by molar-refractivity contribution is 5.99. The van der Waals surface area contributed by atoms with Crippen molar-refractivity contribution >= 4 is 33.5 Å². The maximum absolute atomic E-state index is 9.48. The molecule has 6 aromatic carbocycles. The third kappa shape index (κ3) is 4.88. The number of nitriles is 2. The van der Waals surface area contributed by atoms with Crippen molar-refractivity contribution in [1.29, 1.82) is 10.5 Å². The van der Waals surface area contributed by atoms with Crippen LogP contribution < -0.4 is 4.90 Å². The third-order valence-electron chi connectivity index (χ3n) is 7.18. The molecular weight excluding hydrogens is 500 g/mol. The molecule has 6 rings (SSSR count). The first kappa shape index (κ1) is 25.1. The van der Waals surface area contributed by atoms with E-state index in [-0.39, 0.29) is 0 Å². The van der Waals surface area contributed by atoms with Crippen LogP contribution in [0.5, 0.6) is 0 Å². The molecule has 0 aliphatic heterocycles. The Labute approximate surface area is 239 Å². The monoisotopic (exact) mass is 522 g/mol. The Bertz CT molecular complexity index is 2000. The highest BCUT2D eigenvalue weighted by atomic mass is 15.1. The molecular formula is C37H22N4. The lowest BCUT2D eigenvalue weighted by Crippen LogP contribution is -2.10. The molecule has 0 saturated heterocycles. The molecule has 0 N–H and O–H groups in total. The van der Waals surface area contributed by atoms with Crippen molar-refractivity contribution < 1.29 is 0 Å². The van der Waals surface area contributed by atoms with Crippen LogP contribution >= 0.6 is 0 Å². The van der Waals surface area contributed by atoms with Gasteiger partial charge in [-0.3, -0.25) is 0 Å². The highest BCUT2D eigenvalue weighted by Crippen LogP contribution is 2.40. The van der Waals surface area contributed by atoms with Crippen LogP contribution in [0.15, 0.2) is 133 Å². The van der Waals surface area contributed by atoms with Gasteiger partial charge in [0.25, 0.3) is 0 Å². The van der Waals surface area contributed by atoms with E-state index in [9.17, 15) is 5.26 Å². The molecule has 4 nitrogen and oxygen atoms in total. The Kier molecular flexibility index (Phi) is 6.69. The van der Waals surface area contributed by atoms with E-state index in [1.807, 2.05) is 48.5 Å². The van der Waals surface area contributed by atoms with Gasteiger partial charge in [-0.2, -0.15) is 10.5 Å². The number of fused-ring (bicyclic) bond motifs is 1.